The minimum Gasteiger partial charge on any atom is -0.394 e. The molecule has 2 aromatic carbocycles. The van der Waals surface area contributed by atoms with Gasteiger partial charge in [0.25, 0.3) is 5.56 Å². The summed E-state index contributed by atoms with van der Waals surface area (Å²) in [6, 6.07) is 15.3. The van der Waals surface area contributed by atoms with E-state index in [0.717, 1.165) is 60.6 Å². The van der Waals surface area contributed by atoms with Gasteiger partial charge in [0, 0.05) is 31.4 Å². The first kappa shape index (κ1) is 26.6. The maximum atomic E-state index is 13.0. The monoisotopic (exact) mass is 529 g/mol. The first-order valence-electron chi connectivity index (χ1n) is 13.3. The number of imidazole rings is 1. The number of aromatic nitrogens is 3. The molecule has 0 amide bonds. The molecule has 4 aromatic rings. The van der Waals surface area contributed by atoms with Crippen molar-refractivity contribution >= 4 is 22.6 Å². The minimum atomic E-state index is -0.280. The molecule has 1 atom stereocenters. The molecular weight excluding hydrogens is 494 g/mol. The summed E-state index contributed by atoms with van der Waals surface area (Å²) in [7, 11) is 0. The number of aryl methyl sites for hydroxylation is 1. The number of ether oxygens (including phenoxy) is 1. The smallest absolute Gasteiger partial charge is 0.261 e. The fraction of sp³-hybridized carbons (Fsp3) is 0.345. The van der Waals surface area contributed by atoms with Gasteiger partial charge in [0.15, 0.2) is 0 Å². The number of benzene rings is 2. The molecule has 0 spiro atoms. The third-order valence-electron chi connectivity index (χ3n) is 6.98. The highest BCUT2D eigenvalue weighted by Gasteiger charge is 2.19. The lowest BCUT2D eigenvalue weighted by molar-refractivity contribution is 0.0394. The number of amidine groups is 1. The van der Waals surface area contributed by atoms with Crippen molar-refractivity contribution in [2.45, 2.75) is 19.4 Å². The quantitative estimate of drug-likeness (QED) is 0.157. The molecule has 1 saturated heterocycles. The largest absolute Gasteiger partial charge is 0.394 e. The highest BCUT2D eigenvalue weighted by Crippen LogP contribution is 2.27. The molecule has 10 heteroatoms. The topological polar surface area (TPSA) is 145 Å². The highest BCUT2D eigenvalue weighted by molar-refractivity contribution is 6.01. The van der Waals surface area contributed by atoms with Gasteiger partial charge in [-0.1, -0.05) is 30.3 Å². The summed E-state index contributed by atoms with van der Waals surface area (Å²) in [5, 5.41) is 13.4. The van der Waals surface area contributed by atoms with Gasteiger partial charge in [-0.05, 0) is 42.7 Å². The van der Waals surface area contributed by atoms with E-state index in [1.165, 1.54) is 0 Å². The second-order valence-electron chi connectivity index (χ2n) is 9.80. The molecular formula is C29H35N7O3. The van der Waals surface area contributed by atoms with E-state index < -0.39 is 0 Å². The summed E-state index contributed by atoms with van der Waals surface area (Å²) in [6.07, 6.45) is 2.20. The van der Waals surface area contributed by atoms with Gasteiger partial charge in [-0.3, -0.25) is 14.7 Å². The number of nitrogens with zero attached hydrogens (tertiary/aromatic N) is 3. The number of aliphatic hydroxyl groups excluding tert-OH is 1. The van der Waals surface area contributed by atoms with Gasteiger partial charge in [0.1, 0.15) is 17.2 Å². The summed E-state index contributed by atoms with van der Waals surface area (Å²) >= 11 is 0. The van der Waals surface area contributed by atoms with E-state index in [-0.39, 0.29) is 18.2 Å². The van der Waals surface area contributed by atoms with E-state index in [0.29, 0.717) is 35.9 Å². The maximum Gasteiger partial charge on any atom is 0.261 e. The SMILES string of the molecule is Cc1cc(C(N)=NCCN2CCOCC2)cc2[nH]c(-c3c(NC(CO)Cc4ccccc4)cc[nH]c3=O)nc12. The molecule has 39 heavy (non-hydrogen) atoms. The summed E-state index contributed by atoms with van der Waals surface area (Å²) in [6.45, 7) is 6.67. The van der Waals surface area contributed by atoms with Gasteiger partial charge in [-0.15, -0.1) is 0 Å². The van der Waals surface area contributed by atoms with Crippen LogP contribution in [0, 0.1) is 6.92 Å². The normalized spacial score (nSPS) is 15.5. The van der Waals surface area contributed by atoms with Crippen LogP contribution in [0.4, 0.5) is 5.69 Å². The van der Waals surface area contributed by atoms with Crippen molar-refractivity contribution in [3.63, 3.8) is 0 Å². The van der Waals surface area contributed by atoms with Crippen LogP contribution in [0.25, 0.3) is 22.4 Å². The number of aliphatic imine (C=N–C) groups is 1. The molecule has 10 nitrogen and oxygen atoms in total. The number of pyridine rings is 1. The Hall–Kier alpha value is -3.99. The van der Waals surface area contributed by atoms with Crippen molar-refractivity contribution in [2.24, 2.45) is 10.7 Å². The van der Waals surface area contributed by atoms with Crippen LogP contribution in [0.1, 0.15) is 16.7 Å². The zero-order chi connectivity index (χ0) is 27.2. The number of fused-ring (bicyclic) bond motifs is 1. The van der Waals surface area contributed by atoms with Gasteiger partial charge in [-0.25, -0.2) is 4.98 Å². The lowest BCUT2D eigenvalue weighted by Crippen LogP contribution is -2.38. The molecule has 1 aliphatic rings. The molecule has 1 unspecified atom stereocenters. The number of aromatic amines is 2. The lowest BCUT2D eigenvalue weighted by atomic mass is 10.1. The van der Waals surface area contributed by atoms with E-state index in [2.05, 4.69) is 25.2 Å². The van der Waals surface area contributed by atoms with Gasteiger partial charge < -0.3 is 30.9 Å². The molecule has 0 saturated carbocycles. The summed E-state index contributed by atoms with van der Waals surface area (Å²) in [4.78, 5) is 30.7. The van der Waals surface area contributed by atoms with Crippen LogP contribution in [0.15, 0.2) is 64.5 Å². The number of rotatable bonds is 10. The Morgan fingerprint density at radius 3 is 2.79 bits per heavy atom. The van der Waals surface area contributed by atoms with Crippen LogP contribution in [0.5, 0.6) is 0 Å². The highest BCUT2D eigenvalue weighted by atomic mass is 16.5. The third-order valence-corrected chi connectivity index (χ3v) is 6.98. The number of hydrogen-bond acceptors (Lipinski definition) is 7. The summed E-state index contributed by atoms with van der Waals surface area (Å²) in [5.74, 6) is 0.907. The van der Waals surface area contributed by atoms with Crippen molar-refractivity contribution in [3.8, 4) is 11.4 Å². The molecule has 6 N–H and O–H groups in total. The average molecular weight is 530 g/mol. The predicted octanol–water partition coefficient (Wildman–Crippen LogP) is 2.28. The van der Waals surface area contributed by atoms with Crippen molar-refractivity contribution in [3.05, 3.63) is 81.8 Å². The van der Waals surface area contributed by atoms with Gasteiger partial charge in [0.2, 0.25) is 0 Å². The zero-order valence-electron chi connectivity index (χ0n) is 22.1. The Balaban J connectivity index is 1.39. The molecule has 204 valence electrons. The Morgan fingerprint density at radius 2 is 2.03 bits per heavy atom. The van der Waals surface area contributed by atoms with E-state index in [1.54, 1.807) is 12.3 Å². The molecule has 3 heterocycles. The molecule has 2 aromatic heterocycles. The van der Waals surface area contributed by atoms with E-state index in [4.69, 9.17) is 15.5 Å². The Bertz CT molecular complexity index is 1490. The fourth-order valence-corrected chi connectivity index (χ4v) is 4.90. The van der Waals surface area contributed by atoms with Crippen molar-refractivity contribution in [2.75, 3.05) is 51.3 Å². The van der Waals surface area contributed by atoms with Crippen molar-refractivity contribution < 1.29 is 9.84 Å². The predicted molar refractivity (Wildman–Crippen MR) is 154 cm³/mol. The second-order valence-corrected chi connectivity index (χ2v) is 9.80. The summed E-state index contributed by atoms with van der Waals surface area (Å²) in [5.41, 5.74) is 11.4. The Kier molecular flexibility index (Phi) is 8.36. The maximum absolute atomic E-state index is 13.0. The number of aliphatic hydroxyl groups is 1. The molecule has 1 aliphatic heterocycles. The first-order chi connectivity index (χ1) is 19.0. The number of morpholine rings is 1. The van der Waals surface area contributed by atoms with Crippen LogP contribution >= 0.6 is 0 Å². The molecule has 0 bridgehead atoms. The number of anilines is 1. The minimum absolute atomic E-state index is 0.0894. The van der Waals surface area contributed by atoms with Crippen molar-refractivity contribution in [1.29, 1.82) is 0 Å². The van der Waals surface area contributed by atoms with Gasteiger partial charge >= 0.3 is 0 Å². The zero-order valence-corrected chi connectivity index (χ0v) is 22.1. The molecule has 5 rings (SSSR count). The fourth-order valence-electron chi connectivity index (χ4n) is 4.90. The Morgan fingerprint density at radius 1 is 1.23 bits per heavy atom. The second kappa shape index (κ2) is 12.2. The first-order valence-corrected chi connectivity index (χ1v) is 13.3. The number of H-pyrrole nitrogens is 2. The molecule has 1 fully saturated rings. The van der Waals surface area contributed by atoms with Crippen LogP contribution in [0.2, 0.25) is 0 Å². The van der Waals surface area contributed by atoms with Crippen molar-refractivity contribution in [1.82, 2.24) is 19.9 Å². The van der Waals surface area contributed by atoms with Crippen LogP contribution in [0.3, 0.4) is 0 Å². The third kappa shape index (κ3) is 6.36. The van der Waals surface area contributed by atoms with Gasteiger partial charge in [0.05, 0.1) is 49.1 Å². The summed E-state index contributed by atoms with van der Waals surface area (Å²) < 4.78 is 5.40. The van der Waals surface area contributed by atoms with E-state index in [1.807, 2.05) is 49.4 Å². The number of hydrogen-bond donors (Lipinski definition) is 5. The van der Waals surface area contributed by atoms with Crippen LogP contribution in [-0.2, 0) is 11.2 Å². The number of nitrogens with two attached hydrogens (primary N) is 1. The van der Waals surface area contributed by atoms with E-state index in [9.17, 15) is 9.90 Å². The lowest BCUT2D eigenvalue weighted by Gasteiger charge is -2.25. The average Bonchev–Trinajstić information content (AvgIpc) is 3.38. The van der Waals surface area contributed by atoms with Gasteiger partial charge in [-0.2, -0.15) is 0 Å². The molecule has 0 aliphatic carbocycles. The Labute approximate surface area is 226 Å². The van der Waals surface area contributed by atoms with Crippen LogP contribution in [-0.4, -0.2) is 82.8 Å². The number of nitrogens with one attached hydrogen (secondary N) is 3. The van der Waals surface area contributed by atoms with Crippen LogP contribution < -0.4 is 16.6 Å². The van der Waals surface area contributed by atoms with E-state index >= 15 is 0 Å². The molecule has 0 radical (unpaired) electrons. The standard InChI is InChI=1S/C29H35N7O3/c1-19-15-21(27(30)31-9-10-36-11-13-39-14-12-36)17-24-26(19)35-28(34-24)25-23(7-8-32-29(25)38)33-22(18-37)16-20-5-3-2-4-6-20/h2-8,15,17,22,37H,9-14,16,18H2,1H3,(H2,30,31)(H,34,35)(H2,32,33,38).